The first kappa shape index (κ1) is 15.6. The number of hydrogen-bond acceptors (Lipinski definition) is 5. The van der Waals surface area contributed by atoms with Crippen molar-refractivity contribution in [1.29, 1.82) is 0 Å². The molecule has 1 atom stereocenters. The molecule has 1 aromatic heterocycles. The fraction of sp³-hybridized carbons (Fsp3) is 0.545. The average Bonchev–Trinajstić information content (AvgIpc) is 2.24. The summed E-state index contributed by atoms with van der Waals surface area (Å²) in [5.41, 5.74) is 3.51. The number of hydrogen-bond donors (Lipinski definition) is 2. The third kappa shape index (κ3) is 3.50. The fourth-order valence-corrected chi connectivity index (χ4v) is 2.65. The van der Waals surface area contributed by atoms with Crippen LogP contribution in [-0.2, 0) is 16.3 Å². The standard InChI is InChI=1S/C11H18BrN3O2S/c1-11(2,18(3,16)17)10(15-13)5-8-4-9(12)7-14-6-8/h4,6-7,10,15H,5,13H2,1-3H3. The smallest absolute Gasteiger partial charge is 0.154 e. The van der Waals surface area contributed by atoms with Gasteiger partial charge in [0.05, 0.1) is 4.75 Å². The Morgan fingerprint density at radius 1 is 1.50 bits per heavy atom. The topological polar surface area (TPSA) is 85.1 Å². The molecule has 0 spiro atoms. The van der Waals surface area contributed by atoms with Gasteiger partial charge in [0.2, 0.25) is 0 Å². The largest absolute Gasteiger partial charge is 0.271 e. The number of pyridine rings is 1. The molecule has 3 N–H and O–H groups in total. The number of rotatable bonds is 5. The van der Waals surface area contributed by atoms with Gasteiger partial charge < -0.3 is 0 Å². The van der Waals surface area contributed by atoms with Gasteiger partial charge in [0.1, 0.15) is 0 Å². The molecule has 0 aromatic carbocycles. The van der Waals surface area contributed by atoms with Gasteiger partial charge in [-0.05, 0) is 47.8 Å². The van der Waals surface area contributed by atoms with Gasteiger partial charge in [-0.1, -0.05) is 0 Å². The minimum absolute atomic E-state index is 0.386. The van der Waals surface area contributed by atoms with Crippen LogP contribution in [0.15, 0.2) is 22.9 Å². The van der Waals surface area contributed by atoms with Crippen LogP contribution < -0.4 is 11.3 Å². The molecule has 7 heteroatoms. The molecular weight excluding hydrogens is 318 g/mol. The third-order valence-electron chi connectivity index (χ3n) is 3.20. The molecule has 0 saturated carbocycles. The van der Waals surface area contributed by atoms with Crippen LogP contribution in [0.4, 0.5) is 0 Å². The summed E-state index contributed by atoms with van der Waals surface area (Å²) in [5.74, 6) is 5.49. The van der Waals surface area contributed by atoms with Crippen LogP contribution in [0.5, 0.6) is 0 Å². The molecule has 102 valence electrons. The summed E-state index contributed by atoms with van der Waals surface area (Å²) in [6.07, 6.45) is 5.09. The molecule has 0 bridgehead atoms. The molecule has 0 aliphatic carbocycles. The van der Waals surface area contributed by atoms with E-state index in [4.69, 9.17) is 5.84 Å². The van der Waals surface area contributed by atoms with Crippen molar-refractivity contribution >= 4 is 25.8 Å². The molecule has 0 radical (unpaired) electrons. The van der Waals surface area contributed by atoms with E-state index in [0.29, 0.717) is 6.42 Å². The second-order valence-electron chi connectivity index (χ2n) is 4.81. The summed E-state index contributed by atoms with van der Waals surface area (Å²) in [7, 11) is -3.22. The lowest BCUT2D eigenvalue weighted by Gasteiger charge is -2.32. The lowest BCUT2D eigenvalue weighted by Crippen LogP contribution is -2.55. The van der Waals surface area contributed by atoms with Gasteiger partial charge in [0.25, 0.3) is 0 Å². The number of aromatic nitrogens is 1. The van der Waals surface area contributed by atoms with Crippen molar-refractivity contribution in [3.8, 4) is 0 Å². The zero-order valence-electron chi connectivity index (χ0n) is 10.6. The average molecular weight is 336 g/mol. The SMILES string of the molecule is CC(C)(C(Cc1cncc(Br)c1)NN)S(C)(=O)=O. The second kappa shape index (κ2) is 5.64. The van der Waals surface area contributed by atoms with E-state index >= 15 is 0 Å². The van der Waals surface area contributed by atoms with E-state index in [-0.39, 0.29) is 6.04 Å². The molecule has 0 aliphatic rings. The monoisotopic (exact) mass is 335 g/mol. The minimum Gasteiger partial charge on any atom is -0.271 e. The van der Waals surface area contributed by atoms with E-state index in [9.17, 15) is 8.42 Å². The maximum atomic E-state index is 11.8. The lowest BCUT2D eigenvalue weighted by atomic mass is 9.97. The van der Waals surface area contributed by atoms with E-state index in [0.717, 1.165) is 10.0 Å². The molecule has 0 aliphatic heterocycles. The van der Waals surface area contributed by atoms with Crippen molar-refractivity contribution in [2.75, 3.05) is 6.26 Å². The molecule has 5 nitrogen and oxygen atoms in total. The van der Waals surface area contributed by atoms with E-state index in [1.165, 1.54) is 6.26 Å². The van der Waals surface area contributed by atoms with Gasteiger partial charge in [-0.3, -0.25) is 16.3 Å². The Kier molecular flexibility index (Phi) is 4.88. The van der Waals surface area contributed by atoms with E-state index in [1.807, 2.05) is 6.07 Å². The van der Waals surface area contributed by atoms with Crippen molar-refractivity contribution in [2.45, 2.75) is 31.1 Å². The number of halogens is 1. The summed E-state index contributed by atoms with van der Waals surface area (Å²) in [6, 6.07) is 1.51. The Bertz CT molecular complexity index is 517. The van der Waals surface area contributed by atoms with E-state index in [1.54, 1.807) is 26.2 Å². The van der Waals surface area contributed by atoms with Crippen LogP contribution in [0.25, 0.3) is 0 Å². The van der Waals surface area contributed by atoms with Crippen LogP contribution >= 0.6 is 15.9 Å². The predicted molar refractivity (Wildman–Crippen MR) is 75.7 cm³/mol. The summed E-state index contributed by atoms with van der Waals surface area (Å²) in [4.78, 5) is 4.05. The van der Waals surface area contributed by atoms with Crippen LogP contribution in [-0.4, -0.2) is 30.4 Å². The van der Waals surface area contributed by atoms with Crippen molar-refractivity contribution in [3.05, 3.63) is 28.5 Å². The summed E-state index contributed by atoms with van der Waals surface area (Å²) in [5, 5.41) is 0. The fourth-order valence-electron chi connectivity index (χ4n) is 1.57. The minimum atomic E-state index is -3.22. The molecule has 1 aromatic rings. The quantitative estimate of drug-likeness (QED) is 0.620. The zero-order chi connectivity index (χ0) is 14.0. The van der Waals surface area contributed by atoms with Crippen LogP contribution in [0.1, 0.15) is 19.4 Å². The van der Waals surface area contributed by atoms with Crippen molar-refractivity contribution in [3.63, 3.8) is 0 Å². The normalized spacial score (nSPS) is 14.5. The highest BCUT2D eigenvalue weighted by molar-refractivity contribution is 9.10. The van der Waals surface area contributed by atoms with Crippen molar-refractivity contribution < 1.29 is 8.42 Å². The Labute approximate surface area is 116 Å². The molecule has 1 rings (SSSR count). The first-order chi connectivity index (χ1) is 8.18. The highest BCUT2D eigenvalue weighted by Crippen LogP contribution is 2.23. The molecule has 1 heterocycles. The highest BCUT2D eigenvalue weighted by atomic mass is 79.9. The number of nitrogens with two attached hydrogens (primary N) is 1. The van der Waals surface area contributed by atoms with Crippen LogP contribution in [0.2, 0.25) is 0 Å². The molecule has 0 amide bonds. The maximum absolute atomic E-state index is 11.8. The zero-order valence-corrected chi connectivity index (χ0v) is 13.0. The second-order valence-corrected chi connectivity index (χ2v) is 8.32. The summed E-state index contributed by atoms with van der Waals surface area (Å²) < 4.78 is 23.5. The van der Waals surface area contributed by atoms with Crippen LogP contribution in [0.3, 0.4) is 0 Å². The Balaban J connectivity index is 2.99. The third-order valence-corrected chi connectivity index (χ3v) is 5.83. The van der Waals surface area contributed by atoms with Gasteiger partial charge in [-0.2, -0.15) is 0 Å². The number of nitrogens with one attached hydrogen (secondary N) is 1. The van der Waals surface area contributed by atoms with Gasteiger partial charge in [0, 0.05) is 29.2 Å². The molecule has 0 saturated heterocycles. The van der Waals surface area contributed by atoms with Gasteiger partial charge >= 0.3 is 0 Å². The Morgan fingerprint density at radius 3 is 2.56 bits per heavy atom. The summed E-state index contributed by atoms with van der Waals surface area (Å²) in [6.45, 7) is 3.33. The van der Waals surface area contributed by atoms with Gasteiger partial charge in [0.15, 0.2) is 9.84 Å². The Hall–Kier alpha value is -0.500. The summed E-state index contributed by atoms with van der Waals surface area (Å²) >= 11 is 3.33. The van der Waals surface area contributed by atoms with E-state index in [2.05, 4.69) is 26.3 Å². The maximum Gasteiger partial charge on any atom is 0.154 e. The number of nitrogens with zero attached hydrogens (tertiary/aromatic N) is 1. The van der Waals surface area contributed by atoms with Gasteiger partial charge in [-0.25, -0.2) is 8.42 Å². The lowest BCUT2D eigenvalue weighted by molar-refractivity contribution is 0.412. The molecule has 0 fully saturated rings. The first-order valence-corrected chi connectivity index (χ1v) is 8.12. The molecule has 18 heavy (non-hydrogen) atoms. The van der Waals surface area contributed by atoms with E-state index < -0.39 is 14.6 Å². The van der Waals surface area contributed by atoms with Crippen molar-refractivity contribution in [2.24, 2.45) is 5.84 Å². The predicted octanol–water partition coefficient (Wildman–Crippen LogP) is 1.04. The Morgan fingerprint density at radius 2 is 2.11 bits per heavy atom. The molecular formula is C11H18BrN3O2S. The molecule has 1 unspecified atom stereocenters. The first-order valence-electron chi connectivity index (χ1n) is 5.43. The van der Waals surface area contributed by atoms with Crippen LogP contribution in [0, 0.1) is 0 Å². The number of sulfone groups is 1. The van der Waals surface area contributed by atoms with Gasteiger partial charge in [-0.15, -0.1) is 0 Å². The number of hydrazine groups is 1. The van der Waals surface area contributed by atoms with Crippen molar-refractivity contribution in [1.82, 2.24) is 10.4 Å². The highest BCUT2D eigenvalue weighted by Gasteiger charge is 2.38.